The van der Waals surface area contributed by atoms with Crippen LogP contribution in [0.2, 0.25) is 0 Å². The van der Waals surface area contributed by atoms with Gasteiger partial charge in [-0.25, -0.2) is 0 Å². The zero-order valence-electron chi connectivity index (χ0n) is 9.30. The molecule has 1 atom stereocenters. The maximum absolute atomic E-state index is 11.5. The van der Waals surface area contributed by atoms with Crippen LogP contribution in [0.1, 0.15) is 33.1 Å². The van der Waals surface area contributed by atoms with E-state index in [4.69, 9.17) is 0 Å². The summed E-state index contributed by atoms with van der Waals surface area (Å²) in [4.78, 5) is 22.8. The summed E-state index contributed by atoms with van der Waals surface area (Å²) < 4.78 is 0. The van der Waals surface area contributed by atoms with Gasteiger partial charge in [0.2, 0.25) is 11.8 Å². The normalized spacial score (nSPS) is 26.9. The monoisotopic (exact) mass is 210 g/mol. The van der Waals surface area contributed by atoms with E-state index in [0.29, 0.717) is 6.04 Å². The first-order valence-electron chi connectivity index (χ1n) is 5.56. The van der Waals surface area contributed by atoms with Crippen LogP contribution in [0.5, 0.6) is 0 Å². The topological polar surface area (TPSA) is 58.2 Å². The van der Waals surface area contributed by atoms with Crippen molar-refractivity contribution in [1.82, 2.24) is 10.6 Å². The Kier molecular flexibility index (Phi) is 2.44. The highest BCUT2D eigenvalue weighted by atomic mass is 16.2. The minimum Gasteiger partial charge on any atom is -0.352 e. The molecule has 0 unspecified atom stereocenters. The number of carbonyl (C=O) groups is 2. The molecule has 4 heteroatoms. The number of nitrogens with one attached hydrogen (secondary N) is 2. The quantitative estimate of drug-likeness (QED) is 0.707. The Morgan fingerprint density at radius 1 is 1.33 bits per heavy atom. The average molecular weight is 210 g/mol. The van der Waals surface area contributed by atoms with Gasteiger partial charge in [0.05, 0.1) is 6.54 Å². The fraction of sp³-hybridized carbons (Fsp3) is 0.818. The molecule has 4 nitrogen and oxygen atoms in total. The minimum absolute atomic E-state index is 0.0194. The zero-order chi connectivity index (χ0) is 11.1. The van der Waals surface area contributed by atoms with Gasteiger partial charge in [0, 0.05) is 12.0 Å². The first-order valence-corrected chi connectivity index (χ1v) is 5.56. The Morgan fingerprint density at radius 3 is 2.40 bits per heavy atom. The molecule has 0 heterocycles. The van der Waals surface area contributed by atoms with E-state index in [-0.39, 0.29) is 29.7 Å². The molecule has 15 heavy (non-hydrogen) atoms. The molecule has 2 fully saturated rings. The fourth-order valence-corrected chi connectivity index (χ4v) is 1.71. The average Bonchev–Trinajstić information content (AvgIpc) is 3.01. The molecule has 2 amide bonds. The molecule has 2 N–H and O–H groups in total. The summed E-state index contributed by atoms with van der Waals surface area (Å²) in [6.45, 7) is 4.27. The molecule has 0 aromatic heterocycles. The van der Waals surface area contributed by atoms with E-state index in [1.807, 2.05) is 0 Å². The van der Waals surface area contributed by atoms with Gasteiger partial charge >= 0.3 is 0 Å². The van der Waals surface area contributed by atoms with E-state index in [2.05, 4.69) is 24.5 Å². The lowest BCUT2D eigenvalue weighted by atomic mass is 10.1. The molecule has 0 aromatic carbocycles. The van der Waals surface area contributed by atoms with Crippen LogP contribution in [0.15, 0.2) is 0 Å². The van der Waals surface area contributed by atoms with Gasteiger partial charge in [-0.2, -0.15) is 0 Å². The van der Waals surface area contributed by atoms with Crippen LogP contribution < -0.4 is 10.6 Å². The molecule has 2 saturated carbocycles. The third-order valence-corrected chi connectivity index (χ3v) is 3.20. The number of hydrogen-bond acceptors (Lipinski definition) is 2. The van der Waals surface area contributed by atoms with E-state index in [1.165, 1.54) is 0 Å². The van der Waals surface area contributed by atoms with Crippen molar-refractivity contribution in [2.75, 3.05) is 6.54 Å². The van der Waals surface area contributed by atoms with E-state index >= 15 is 0 Å². The van der Waals surface area contributed by atoms with Gasteiger partial charge < -0.3 is 10.6 Å². The molecule has 2 aliphatic carbocycles. The summed E-state index contributed by atoms with van der Waals surface area (Å²) in [5.41, 5.74) is 0.136. The smallest absolute Gasteiger partial charge is 0.239 e. The van der Waals surface area contributed by atoms with Gasteiger partial charge in [0.15, 0.2) is 0 Å². The Hall–Kier alpha value is -1.06. The molecule has 0 spiro atoms. The maximum Gasteiger partial charge on any atom is 0.239 e. The molecular weight excluding hydrogens is 192 g/mol. The molecule has 2 aliphatic rings. The lowest BCUT2D eigenvalue weighted by Crippen LogP contribution is -2.38. The van der Waals surface area contributed by atoms with Crippen molar-refractivity contribution in [2.45, 2.75) is 39.2 Å². The van der Waals surface area contributed by atoms with Crippen molar-refractivity contribution in [2.24, 2.45) is 11.3 Å². The molecule has 0 aromatic rings. The Balaban J connectivity index is 1.64. The highest BCUT2D eigenvalue weighted by Gasteiger charge is 2.50. The van der Waals surface area contributed by atoms with Crippen molar-refractivity contribution < 1.29 is 9.59 Å². The first-order chi connectivity index (χ1) is 6.99. The third-order valence-electron chi connectivity index (χ3n) is 3.20. The van der Waals surface area contributed by atoms with Crippen LogP contribution in [0.4, 0.5) is 0 Å². The highest BCUT2D eigenvalue weighted by molar-refractivity contribution is 5.87. The van der Waals surface area contributed by atoms with Crippen molar-refractivity contribution in [3.05, 3.63) is 0 Å². The second-order valence-corrected chi connectivity index (χ2v) is 5.30. The summed E-state index contributed by atoms with van der Waals surface area (Å²) in [5.74, 6) is 0.0569. The second-order valence-electron chi connectivity index (χ2n) is 5.30. The van der Waals surface area contributed by atoms with Crippen LogP contribution in [0, 0.1) is 11.3 Å². The minimum atomic E-state index is -0.0655. The fourth-order valence-electron chi connectivity index (χ4n) is 1.71. The summed E-state index contributed by atoms with van der Waals surface area (Å²) in [7, 11) is 0. The standard InChI is InChI=1S/C11H18N2O2/c1-11(2)5-8(11)10(15)12-6-9(14)13-7-3-4-7/h7-8H,3-6H2,1-2H3,(H,12,15)(H,13,14)/t8-/m1/s1. The predicted molar refractivity (Wildman–Crippen MR) is 56.1 cm³/mol. The SMILES string of the molecule is CC1(C)C[C@@H]1C(=O)NCC(=O)NC1CC1. The number of carbonyl (C=O) groups excluding carboxylic acids is 2. The highest BCUT2D eigenvalue weighted by Crippen LogP contribution is 2.51. The Bertz CT molecular complexity index is 295. The van der Waals surface area contributed by atoms with E-state index < -0.39 is 0 Å². The van der Waals surface area contributed by atoms with Gasteiger partial charge in [-0.15, -0.1) is 0 Å². The molecule has 84 valence electrons. The predicted octanol–water partition coefficient (Wildman–Crippen LogP) is 0.427. The van der Waals surface area contributed by atoms with Gasteiger partial charge in [0.1, 0.15) is 0 Å². The zero-order valence-corrected chi connectivity index (χ0v) is 9.30. The van der Waals surface area contributed by atoms with E-state index in [9.17, 15) is 9.59 Å². The number of hydrogen-bond donors (Lipinski definition) is 2. The third kappa shape index (κ3) is 2.70. The van der Waals surface area contributed by atoms with Crippen LogP contribution in [-0.4, -0.2) is 24.4 Å². The van der Waals surface area contributed by atoms with Crippen molar-refractivity contribution in [3.8, 4) is 0 Å². The molecule has 0 aliphatic heterocycles. The Labute approximate surface area is 89.8 Å². The molecule has 0 saturated heterocycles. The lowest BCUT2D eigenvalue weighted by Gasteiger charge is -2.06. The second kappa shape index (κ2) is 3.51. The van der Waals surface area contributed by atoms with Crippen molar-refractivity contribution in [1.29, 1.82) is 0 Å². The van der Waals surface area contributed by atoms with Crippen LogP contribution in [0.25, 0.3) is 0 Å². The summed E-state index contributed by atoms with van der Waals surface area (Å²) in [5, 5.41) is 5.52. The summed E-state index contributed by atoms with van der Waals surface area (Å²) >= 11 is 0. The van der Waals surface area contributed by atoms with Gasteiger partial charge in [-0.1, -0.05) is 13.8 Å². The van der Waals surface area contributed by atoms with Crippen molar-refractivity contribution >= 4 is 11.8 Å². The van der Waals surface area contributed by atoms with Crippen LogP contribution in [-0.2, 0) is 9.59 Å². The Morgan fingerprint density at radius 2 is 1.93 bits per heavy atom. The summed E-state index contributed by atoms with van der Waals surface area (Å²) in [6, 6.07) is 0.367. The molecule has 2 rings (SSSR count). The van der Waals surface area contributed by atoms with Crippen LogP contribution in [0.3, 0.4) is 0 Å². The van der Waals surface area contributed by atoms with Gasteiger partial charge in [0.25, 0.3) is 0 Å². The molecular formula is C11H18N2O2. The van der Waals surface area contributed by atoms with Gasteiger partial charge in [-0.3, -0.25) is 9.59 Å². The van der Waals surface area contributed by atoms with E-state index in [1.54, 1.807) is 0 Å². The van der Waals surface area contributed by atoms with Crippen LogP contribution >= 0.6 is 0 Å². The number of rotatable bonds is 4. The number of amides is 2. The maximum atomic E-state index is 11.5. The molecule has 0 radical (unpaired) electrons. The van der Waals surface area contributed by atoms with Crippen molar-refractivity contribution in [3.63, 3.8) is 0 Å². The largest absolute Gasteiger partial charge is 0.352 e. The summed E-state index contributed by atoms with van der Waals surface area (Å²) in [6.07, 6.45) is 3.09. The molecule has 0 bridgehead atoms. The first kappa shape index (κ1) is 10.5. The lowest BCUT2D eigenvalue weighted by molar-refractivity contribution is -0.127. The van der Waals surface area contributed by atoms with E-state index in [0.717, 1.165) is 19.3 Å². The van der Waals surface area contributed by atoms with Gasteiger partial charge in [-0.05, 0) is 24.7 Å².